The van der Waals surface area contributed by atoms with Gasteiger partial charge in [-0.05, 0) is 39.2 Å². The minimum absolute atomic E-state index is 0.212. The Kier molecular flexibility index (Phi) is 3.48. The summed E-state index contributed by atoms with van der Waals surface area (Å²) in [6.45, 7) is 7.26. The first-order valence-electron chi connectivity index (χ1n) is 5.43. The van der Waals surface area contributed by atoms with Gasteiger partial charge in [-0.1, -0.05) is 13.8 Å². The molecule has 1 rings (SSSR count). The summed E-state index contributed by atoms with van der Waals surface area (Å²) in [5.41, 5.74) is -0.212. The molecule has 1 aliphatic heterocycles. The molecule has 2 nitrogen and oxygen atoms in total. The number of carbonyl (C=O) groups excluding carboxylic acids is 1. The van der Waals surface area contributed by atoms with Crippen molar-refractivity contribution in [2.45, 2.75) is 52.0 Å². The van der Waals surface area contributed by atoms with E-state index in [0.29, 0.717) is 5.78 Å². The van der Waals surface area contributed by atoms with Crippen LogP contribution in [0.5, 0.6) is 0 Å². The highest BCUT2D eigenvalue weighted by atomic mass is 16.1. The van der Waals surface area contributed by atoms with Crippen molar-refractivity contribution in [2.75, 3.05) is 6.54 Å². The lowest BCUT2D eigenvalue weighted by Gasteiger charge is -2.27. The summed E-state index contributed by atoms with van der Waals surface area (Å²) in [4.78, 5) is 12.1. The van der Waals surface area contributed by atoms with Gasteiger partial charge in [0.25, 0.3) is 0 Å². The molecule has 1 unspecified atom stereocenters. The quantitative estimate of drug-likeness (QED) is 0.723. The van der Waals surface area contributed by atoms with Gasteiger partial charge < -0.3 is 5.32 Å². The van der Waals surface area contributed by atoms with Gasteiger partial charge in [0.05, 0.1) is 5.54 Å². The monoisotopic (exact) mass is 183 g/mol. The summed E-state index contributed by atoms with van der Waals surface area (Å²) in [7, 11) is 0. The maximum atomic E-state index is 12.1. The number of carbonyl (C=O) groups is 1. The third kappa shape index (κ3) is 2.11. The minimum atomic E-state index is -0.212. The number of Topliss-reactive ketones (excluding diaryl/α,β-unsaturated/α-hetero) is 1. The van der Waals surface area contributed by atoms with Crippen LogP contribution in [0.25, 0.3) is 0 Å². The molecule has 1 atom stereocenters. The fourth-order valence-electron chi connectivity index (χ4n) is 2.21. The Morgan fingerprint density at radius 1 is 1.46 bits per heavy atom. The van der Waals surface area contributed by atoms with Crippen LogP contribution in [0.4, 0.5) is 0 Å². The predicted molar refractivity (Wildman–Crippen MR) is 54.7 cm³/mol. The minimum Gasteiger partial charge on any atom is -0.305 e. The smallest absolute Gasteiger partial charge is 0.155 e. The molecule has 1 saturated heterocycles. The summed E-state index contributed by atoms with van der Waals surface area (Å²) in [5, 5.41) is 3.33. The van der Waals surface area contributed by atoms with Crippen LogP contribution in [-0.2, 0) is 4.79 Å². The van der Waals surface area contributed by atoms with Crippen LogP contribution in [0.2, 0.25) is 0 Å². The fourth-order valence-corrected chi connectivity index (χ4v) is 2.21. The van der Waals surface area contributed by atoms with Gasteiger partial charge in [0, 0.05) is 5.92 Å². The third-order valence-electron chi connectivity index (χ3n) is 3.27. The van der Waals surface area contributed by atoms with Crippen molar-refractivity contribution in [3.63, 3.8) is 0 Å². The van der Waals surface area contributed by atoms with Crippen LogP contribution in [0.3, 0.4) is 0 Å². The molecule has 1 heterocycles. The maximum absolute atomic E-state index is 12.1. The fraction of sp³-hybridized carbons (Fsp3) is 0.909. The van der Waals surface area contributed by atoms with E-state index < -0.39 is 0 Å². The number of ketones is 1. The van der Waals surface area contributed by atoms with Crippen molar-refractivity contribution >= 4 is 5.78 Å². The molecule has 2 heteroatoms. The van der Waals surface area contributed by atoms with Crippen LogP contribution in [-0.4, -0.2) is 17.9 Å². The van der Waals surface area contributed by atoms with Gasteiger partial charge in [-0.15, -0.1) is 0 Å². The third-order valence-corrected chi connectivity index (χ3v) is 3.27. The van der Waals surface area contributed by atoms with Gasteiger partial charge in [-0.25, -0.2) is 0 Å². The van der Waals surface area contributed by atoms with E-state index in [1.165, 1.54) is 0 Å². The second-order valence-corrected chi connectivity index (χ2v) is 4.24. The zero-order valence-corrected chi connectivity index (χ0v) is 9.02. The lowest BCUT2D eigenvalue weighted by molar-refractivity contribution is -0.128. The molecule has 1 N–H and O–H groups in total. The largest absolute Gasteiger partial charge is 0.305 e. The van der Waals surface area contributed by atoms with Crippen molar-refractivity contribution < 1.29 is 4.79 Å². The highest BCUT2D eigenvalue weighted by Crippen LogP contribution is 2.25. The van der Waals surface area contributed by atoms with E-state index in [4.69, 9.17) is 0 Å². The van der Waals surface area contributed by atoms with Crippen LogP contribution in [0, 0.1) is 5.92 Å². The highest BCUT2D eigenvalue weighted by molar-refractivity contribution is 5.90. The Morgan fingerprint density at radius 3 is 2.46 bits per heavy atom. The average molecular weight is 183 g/mol. The molecule has 13 heavy (non-hydrogen) atoms. The van der Waals surface area contributed by atoms with E-state index in [-0.39, 0.29) is 11.5 Å². The predicted octanol–water partition coefficient (Wildman–Crippen LogP) is 2.13. The molecule has 0 aromatic heterocycles. The van der Waals surface area contributed by atoms with Crippen molar-refractivity contribution in [1.82, 2.24) is 5.32 Å². The van der Waals surface area contributed by atoms with Crippen LogP contribution >= 0.6 is 0 Å². The average Bonchev–Trinajstić information content (AvgIpc) is 2.55. The highest BCUT2D eigenvalue weighted by Gasteiger charge is 2.38. The Balaban J connectivity index is 2.64. The van der Waals surface area contributed by atoms with E-state index in [9.17, 15) is 4.79 Å². The van der Waals surface area contributed by atoms with E-state index >= 15 is 0 Å². The second kappa shape index (κ2) is 4.23. The van der Waals surface area contributed by atoms with E-state index in [2.05, 4.69) is 26.1 Å². The molecular formula is C11H21NO. The molecule has 0 amide bonds. The first-order chi connectivity index (χ1) is 6.14. The Hall–Kier alpha value is -0.370. The Labute approximate surface area is 81.1 Å². The molecule has 0 aromatic rings. The van der Waals surface area contributed by atoms with Crippen molar-refractivity contribution in [3.8, 4) is 0 Å². The summed E-state index contributed by atoms with van der Waals surface area (Å²) < 4.78 is 0. The van der Waals surface area contributed by atoms with Crippen molar-refractivity contribution in [2.24, 2.45) is 5.92 Å². The first kappa shape index (κ1) is 10.7. The number of nitrogens with one attached hydrogen (secondary N) is 1. The molecule has 0 bridgehead atoms. The second-order valence-electron chi connectivity index (χ2n) is 4.24. The molecule has 0 aromatic carbocycles. The van der Waals surface area contributed by atoms with E-state index in [1.54, 1.807) is 0 Å². The lowest BCUT2D eigenvalue weighted by Crippen LogP contribution is -2.47. The number of rotatable bonds is 4. The molecule has 1 aliphatic rings. The first-order valence-corrected chi connectivity index (χ1v) is 5.43. The Morgan fingerprint density at radius 2 is 2.08 bits per heavy atom. The summed E-state index contributed by atoms with van der Waals surface area (Å²) in [5.74, 6) is 0.686. The van der Waals surface area contributed by atoms with E-state index in [1.807, 2.05) is 0 Å². The molecular weight excluding hydrogens is 162 g/mol. The summed E-state index contributed by atoms with van der Waals surface area (Å²) >= 11 is 0. The number of hydrogen-bond donors (Lipinski definition) is 1. The van der Waals surface area contributed by atoms with Crippen molar-refractivity contribution in [3.05, 3.63) is 0 Å². The van der Waals surface area contributed by atoms with Crippen LogP contribution < -0.4 is 5.32 Å². The maximum Gasteiger partial charge on any atom is 0.155 e. The molecule has 0 radical (unpaired) electrons. The van der Waals surface area contributed by atoms with Crippen LogP contribution in [0.15, 0.2) is 0 Å². The van der Waals surface area contributed by atoms with Gasteiger partial charge in [-0.2, -0.15) is 0 Å². The Bertz CT molecular complexity index is 179. The number of hydrogen-bond acceptors (Lipinski definition) is 2. The van der Waals surface area contributed by atoms with Gasteiger partial charge in [0.1, 0.15) is 0 Å². The molecule has 0 saturated carbocycles. The molecule has 1 fully saturated rings. The summed E-state index contributed by atoms with van der Waals surface area (Å²) in [6, 6.07) is 0. The normalized spacial score (nSPS) is 28.3. The van der Waals surface area contributed by atoms with Gasteiger partial charge in [0.2, 0.25) is 0 Å². The van der Waals surface area contributed by atoms with Crippen LogP contribution in [0.1, 0.15) is 46.5 Å². The van der Waals surface area contributed by atoms with E-state index in [0.717, 1.165) is 32.2 Å². The van der Waals surface area contributed by atoms with Gasteiger partial charge >= 0.3 is 0 Å². The molecule has 0 spiro atoms. The van der Waals surface area contributed by atoms with Gasteiger partial charge in [0.15, 0.2) is 5.78 Å². The lowest BCUT2D eigenvalue weighted by atomic mass is 9.83. The zero-order chi connectivity index (χ0) is 9.90. The zero-order valence-electron chi connectivity index (χ0n) is 9.02. The molecule has 0 aliphatic carbocycles. The SMILES string of the molecule is CCC(CC)C(=O)C1(C)CCCN1. The standard InChI is InChI=1S/C11H21NO/c1-4-9(5-2)10(13)11(3)7-6-8-12-11/h9,12H,4-8H2,1-3H3. The van der Waals surface area contributed by atoms with Crippen molar-refractivity contribution in [1.29, 1.82) is 0 Å². The molecule has 76 valence electrons. The van der Waals surface area contributed by atoms with Gasteiger partial charge in [-0.3, -0.25) is 4.79 Å². The topological polar surface area (TPSA) is 29.1 Å². The summed E-state index contributed by atoms with van der Waals surface area (Å²) in [6.07, 6.45) is 4.12.